The fourth-order valence-corrected chi connectivity index (χ4v) is 14.7. The van der Waals surface area contributed by atoms with E-state index in [2.05, 4.69) is 182 Å². The van der Waals surface area contributed by atoms with Crippen LogP contribution in [0.5, 0.6) is 0 Å². The second kappa shape index (κ2) is 54.6. The number of aryl methyl sites for hydroxylation is 13. The molecule has 0 aliphatic heterocycles. The van der Waals surface area contributed by atoms with Crippen LogP contribution >= 0.6 is 0 Å². The maximum absolute atomic E-state index is 7.61. The molecule has 0 spiro atoms. The Morgan fingerprint density at radius 2 is 0.504 bits per heavy atom. The van der Waals surface area contributed by atoms with E-state index in [1.54, 1.807) is 42.7 Å². The first kappa shape index (κ1) is 93.7. The molecule has 21 rings (SSSR count). The zero-order chi connectivity index (χ0) is 103. The molecule has 0 radical (unpaired) electrons. The Morgan fingerprint density at radius 1 is 0.223 bits per heavy atom. The molecule has 139 heavy (non-hydrogen) atoms. The maximum atomic E-state index is 7.61. The van der Waals surface area contributed by atoms with Gasteiger partial charge in [-0.15, -0.1) is 320 Å². The molecule has 690 valence electrons. The van der Waals surface area contributed by atoms with Crippen molar-refractivity contribution in [3.63, 3.8) is 0 Å². The molecule has 12 aromatic carbocycles. The van der Waals surface area contributed by atoms with E-state index in [1.165, 1.54) is 28.0 Å². The van der Waals surface area contributed by atoms with E-state index >= 15 is 0 Å². The summed E-state index contributed by atoms with van der Waals surface area (Å²) >= 11 is 0. The largest absolute Gasteiger partial charge is 3.00 e. The van der Waals surface area contributed by atoms with E-state index in [0.29, 0.717) is 11.6 Å². The van der Waals surface area contributed by atoms with E-state index in [-0.39, 0.29) is 77.1 Å². The molecule has 9 nitrogen and oxygen atoms in total. The van der Waals surface area contributed by atoms with Crippen LogP contribution in [0, 0.1) is 144 Å². The number of fused-ring (bicyclic) bond motifs is 3. The van der Waals surface area contributed by atoms with Gasteiger partial charge in [-0.2, -0.15) is 0 Å². The Balaban J connectivity index is 0.000000171. The first-order valence-corrected chi connectivity index (χ1v) is 44.9. The molecule has 0 aliphatic carbocycles. The number of pyridine rings is 9. The zero-order valence-corrected chi connectivity index (χ0v) is 86.7. The Hall–Kier alpha value is -14.3. The second-order valence-corrected chi connectivity index (χ2v) is 32.7. The summed E-state index contributed by atoms with van der Waals surface area (Å²) in [6.45, 7) is 17.9. The van der Waals surface area contributed by atoms with Crippen molar-refractivity contribution in [2.45, 2.75) is 110 Å². The molecule has 9 aromatic heterocycles. The molecule has 0 aliphatic rings. The summed E-state index contributed by atoms with van der Waals surface area (Å²) in [5, 5.41) is 6.62. The van der Waals surface area contributed by atoms with Crippen LogP contribution in [-0.4, -0.2) is 44.9 Å². The summed E-state index contributed by atoms with van der Waals surface area (Å²) in [6.07, 6.45) is 5.37. The third-order valence-corrected chi connectivity index (χ3v) is 21.1. The van der Waals surface area contributed by atoms with E-state index in [4.69, 9.17) is 12.3 Å². The fraction of sp³-hybridized carbons (Fsp3) is 0.126. The van der Waals surface area contributed by atoms with Crippen molar-refractivity contribution in [2.75, 3.05) is 0 Å². The summed E-state index contributed by atoms with van der Waals surface area (Å²) in [6, 6.07) is 148. The third-order valence-electron chi connectivity index (χ3n) is 21.1. The van der Waals surface area contributed by atoms with Crippen LogP contribution in [0.1, 0.15) is 111 Å². The summed E-state index contributed by atoms with van der Waals surface area (Å²) in [5.74, 6) is 0.519. The van der Waals surface area contributed by atoms with Crippen molar-refractivity contribution in [3.8, 4) is 101 Å². The van der Waals surface area contributed by atoms with Gasteiger partial charge >= 0.3 is 60.3 Å². The van der Waals surface area contributed by atoms with Crippen molar-refractivity contribution in [1.82, 2.24) is 44.9 Å². The van der Waals surface area contributed by atoms with Crippen LogP contribution in [0.4, 0.5) is 0 Å². The van der Waals surface area contributed by atoms with Crippen molar-refractivity contribution in [3.05, 3.63) is 522 Å². The molecule has 0 saturated carbocycles. The van der Waals surface area contributed by atoms with Gasteiger partial charge in [0.1, 0.15) is 0 Å². The minimum atomic E-state index is -2.17. The van der Waals surface area contributed by atoms with E-state index in [9.17, 15) is 0 Å². The number of benzene rings is 12. The Labute approximate surface area is 875 Å². The van der Waals surface area contributed by atoms with Gasteiger partial charge in [-0.25, -0.2) is 0 Å². The van der Waals surface area contributed by atoms with E-state index < -0.39 is 20.6 Å². The SMILES string of the molecule is Cc1[c-]c(-c2nccc3ccc(C(C)C)cc23)cc(C)c1.Cc1cccc(-c2[c-]cccc2)n1.Cc1cccc(-c2[c-]cccc2)n1.Cc1cccc(-c2[c-]cccc2)n1.Cc1cccc(-c2[c-]cccc2)n1.Cc1cccc(-c2[c-]cccc2)n1.[2H]C([2H])([2H])c1[c-]c(-c2nccc3ccc(C)cc23)cc(C)c1.[2H]C([2H])([2H])c1[c-]c(-c2nccc3ccccc23)cc(C)c1.[2H]C([2H])([2H])c1cccc(-c2[c-]cccc2)n1.[Ir+3].[Ir+3].[Ir+3]. The number of hydrogen-bond donors (Lipinski definition) is 0. The third kappa shape index (κ3) is 32.7. The van der Waals surface area contributed by atoms with Crippen LogP contribution < -0.4 is 0 Å². The quantitative estimate of drug-likeness (QED) is 0.123. The van der Waals surface area contributed by atoms with Gasteiger partial charge in [0.05, 0.1) is 0 Å². The molecule has 0 fully saturated rings. The average Bonchev–Trinajstić information content (AvgIpc) is 0.791. The van der Waals surface area contributed by atoms with Gasteiger partial charge in [0.15, 0.2) is 0 Å². The van der Waals surface area contributed by atoms with Gasteiger partial charge in [-0.1, -0.05) is 194 Å². The normalized spacial score (nSPS) is 11.4. The van der Waals surface area contributed by atoms with Crippen LogP contribution in [0.3, 0.4) is 0 Å². The Morgan fingerprint density at radius 3 is 0.806 bits per heavy atom. The van der Waals surface area contributed by atoms with Crippen LogP contribution in [0.15, 0.2) is 389 Å². The van der Waals surface area contributed by atoms with Gasteiger partial charge in [0, 0.05) is 65.1 Å². The van der Waals surface area contributed by atoms with Crippen molar-refractivity contribution in [2.24, 2.45) is 0 Å². The molecule has 0 bridgehead atoms. The molecule has 0 N–H and O–H groups in total. The van der Waals surface area contributed by atoms with Gasteiger partial charge < -0.3 is 44.9 Å². The number of rotatable bonds is 10. The van der Waals surface area contributed by atoms with Crippen LogP contribution in [-0.2, 0) is 60.3 Å². The van der Waals surface area contributed by atoms with E-state index in [0.717, 1.165) is 168 Å². The molecule has 0 amide bonds. The zero-order valence-electron chi connectivity index (χ0n) is 88.6. The molecular formula is C127H110Ir3N9. The van der Waals surface area contributed by atoms with E-state index in [1.807, 2.05) is 341 Å². The average molecular weight is 2350 g/mol. The molecule has 12 heteroatoms. The van der Waals surface area contributed by atoms with Gasteiger partial charge in [0.25, 0.3) is 0 Å². The first-order chi connectivity index (χ1) is 69.7. The summed E-state index contributed by atoms with van der Waals surface area (Å²) in [5.41, 5.74) is 29.1. The molecule has 0 saturated heterocycles. The number of aromatic nitrogens is 9. The fourth-order valence-electron chi connectivity index (χ4n) is 14.7. The molecule has 0 atom stereocenters. The first-order valence-electron chi connectivity index (χ1n) is 49.4. The summed E-state index contributed by atoms with van der Waals surface area (Å²) in [7, 11) is 0. The van der Waals surface area contributed by atoms with Crippen molar-refractivity contribution >= 4 is 32.3 Å². The summed E-state index contributed by atoms with van der Waals surface area (Å²) in [4.78, 5) is 39.7. The Kier molecular flexibility index (Phi) is 36.8. The molecular weight excluding hydrogens is 2230 g/mol. The second-order valence-electron chi connectivity index (χ2n) is 32.7. The predicted octanol–water partition coefficient (Wildman–Crippen LogP) is 31.5. The van der Waals surface area contributed by atoms with Crippen molar-refractivity contribution < 1.29 is 72.7 Å². The maximum Gasteiger partial charge on any atom is 3.00 e. The topological polar surface area (TPSA) is 116 Å². The van der Waals surface area contributed by atoms with Gasteiger partial charge in [0.2, 0.25) is 0 Å². The molecule has 0 unspecified atom stereocenters. The minimum Gasteiger partial charge on any atom is -0.304 e. The number of hydrogen-bond acceptors (Lipinski definition) is 9. The minimum absolute atomic E-state index is 0. The smallest absolute Gasteiger partial charge is 0.304 e. The molecule has 21 aromatic rings. The number of nitrogens with zero attached hydrogens (tertiary/aromatic N) is 9. The van der Waals surface area contributed by atoms with Gasteiger partial charge in [-0.3, -0.25) is 0 Å². The van der Waals surface area contributed by atoms with Crippen LogP contribution in [0.2, 0.25) is 0 Å². The molecule has 9 heterocycles. The predicted molar refractivity (Wildman–Crippen MR) is 565 cm³/mol. The van der Waals surface area contributed by atoms with Crippen molar-refractivity contribution in [1.29, 1.82) is 0 Å². The summed E-state index contributed by atoms with van der Waals surface area (Å²) < 4.78 is 67.4. The van der Waals surface area contributed by atoms with Crippen LogP contribution in [0.25, 0.3) is 134 Å². The Bertz CT molecular complexity index is 7310. The monoisotopic (exact) mass is 2350 g/mol. The standard InChI is InChI=1S/C20H20N.C18H16N.C17H14N.6C12H10N.3Ir/c1-13(2)17-6-5-16-7-8-21-20(19(16)12-17)18-10-14(3)9-15(4)11-18;1-12-4-5-15-6-7-19-18(17(15)11-12)16-9-13(2)8-14(3)10-16;1-12-9-13(2)11-15(10-12)17-16-6-4-3-5-14(16)7-8-18-17;6*1-10-6-5-9-12(13-10)11-7-3-2-4-8-11;;;/h5-10,12-13H,1-4H3;4-9,11H,1-3H3;3-10H,1-2H3;6*2-7,9H,1H3;;;/q9*-1;3*+3/i;3D3;2D3;1D3;;;;;;;;. The van der Waals surface area contributed by atoms with Gasteiger partial charge in [-0.05, 0) is 198 Å².